The molecule has 2 unspecified atom stereocenters. The molecule has 158 valence electrons. The van der Waals surface area contributed by atoms with Gasteiger partial charge in [0.25, 0.3) is 24.1 Å². The highest BCUT2D eigenvalue weighted by molar-refractivity contribution is 7.13. The minimum atomic E-state index is -1.24. The highest BCUT2D eigenvalue weighted by atomic mass is 32.1. The van der Waals surface area contributed by atoms with Gasteiger partial charge < -0.3 is 20.6 Å². The molecule has 2 aliphatic rings. The molecule has 1 saturated heterocycles. The van der Waals surface area contributed by atoms with E-state index in [9.17, 15) is 18.8 Å². The number of oxime groups is 1. The number of carbonyl (C=O) groups is 3. The maximum Gasteiger partial charge on any atom is 0.296 e. The summed E-state index contributed by atoms with van der Waals surface area (Å²) in [4.78, 5) is 46.0. The van der Waals surface area contributed by atoms with Crippen LogP contribution in [0.15, 0.2) is 10.5 Å². The Morgan fingerprint density at radius 3 is 2.93 bits per heavy atom. The first-order valence-corrected chi connectivity index (χ1v) is 9.38. The molecule has 2 fully saturated rings. The van der Waals surface area contributed by atoms with E-state index in [0.717, 1.165) is 16.2 Å². The van der Waals surface area contributed by atoms with E-state index in [1.807, 2.05) is 0 Å². The van der Waals surface area contributed by atoms with Crippen molar-refractivity contribution in [2.45, 2.75) is 30.7 Å². The molecule has 2 atom stereocenters. The summed E-state index contributed by atoms with van der Waals surface area (Å²) in [6, 6.07) is -2.21. The Labute approximate surface area is 170 Å². The number of anilines is 2. The number of nitrogens with zero attached hydrogens (tertiary/aromatic N) is 6. The predicted molar refractivity (Wildman–Crippen MR) is 96.6 cm³/mol. The number of nitrogens with two attached hydrogens (primary N) is 1. The normalized spacial score (nSPS) is 22.2. The average molecular weight is 439 g/mol. The number of amides is 2. The molecule has 2 amide bonds. The van der Waals surface area contributed by atoms with E-state index < -0.39 is 36.4 Å². The molecular weight excluding hydrogens is 425 g/mol. The summed E-state index contributed by atoms with van der Waals surface area (Å²) in [7, 11) is 0. The number of carbonyl (C=O) groups excluding carboxylic acids is 3. The summed E-state index contributed by atoms with van der Waals surface area (Å²) < 4.78 is 18.3. The number of nitrogens with one attached hydrogen (secondary N) is 2. The fourth-order valence-corrected chi connectivity index (χ4v) is 3.29. The fourth-order valence-electron chi connectivity index (χ4n) is 2.74. The zero-order valence-electron chi connectivity index (χ0n) is 15.0. The highest BCUT2D eigenvalue weighted by Crippen LogP contribution is 2.40. The Hall–Kier alpha value is -3.69. The van der Waals surface area contributed by atoms with E-state index in [1.165, 1.54) is 5.38 Å². The second-order valence-electron chi connectivity index (χ2n) is 6.33. The lowest BCUT2D eigenvalue weighted by Gasteiger charge is -2.43. The molecule has 4 N–H and O–H groups in total. The van der Waals surface area contributed by atoms with Gasteiger partial charge in [0.1, 0.15) is 18.4 Å². The molecule has 0 bridgehead atoms. The number of hydrogen-bond donors (Lipinski definition) is 3. The third kappa shape index (κ3) is 3.51. The minimum absolute atomic E-state index is 0.0423. The summed E-state index contributed by atoms with van der Waals surface area (Å²) in [6.45, 7) is -0.741. The first-order valence-electron chi connectivity index (χ1n) is 8.50. The third-order valence-corrected chi connectivity index (χ3v) is 5.10. The van der Waals surface area contributed by atoms with E-state index in [0.29, 0.717) is 12.8 Å². The summed E-state index contributed by atoms with van der Waals surface area (Å²) in [5, 5.41) is 20.4. The van der Waals surface area contributed by atoms with Gasteiger partial charge in [0.05, 0.1) is 6.04 Å². The molecule has 2 aromatic rings. The second-order valence-corrected chi connectivity index (χ2v) is 7.22. The van der Waals surface area contributed by atoms with Gasteiger partial charge in [-0.3, -0.25) is 19.3 Å². The molecule has 14 nitrogen and oxygen atoms in total. The van der Waals surface area contributed by atoms with Crippen molar-refractivity contribution in [3.8, 4) is 0 Å². The van der Waals surface area contributed by atoms with E-state index in [2.05, 4.69) is 36.1 Å². The molecule has 1 aliphatic heterocycles. The lowest BCUT2D eigenvalue weighted by Crippen LogP contribution is -2.72. The van der Waals surface area contributed by atoms with E-state index in [1.54, 1.807) is 0 Å². The van der Waals surface area contributed by atoms with Gasteiger partial charge in [-0.05, 0) is 10.4 Å². The van der Waals surface area contributed by atoms with Crippen LogP contribution in [0.1, 0.15) is 18.5 Å². The van der Waals surface area contributed by atoms with Crippen molar-refractivity contribution in [1.29, 1.82) is 0 Å². The van der Waals surface area contributed by atoms with Crippen molar-refractivity contribution in [2.75, 3.05) is 17.3 Å². The van der Waals surface area contributed by atoms with Crippen LogP contribution in [0.5, 0.6) is 0 Å². The van der Waals surface area contributed by atoms with Gasteiger partial charge in [-0.1, -0.05) is 10.3 Å². The third-order valence-electron chi connectivity index (χ3n) is 4.43. The van der Waals surface area contributed by atoms with Gasteiger partial charge in [0.2, 0.25) is 5.95 Å². The van der Waals surface area contributed by atoms with E-state index in [4.69, 9.17) is 15.3 Å². The molecular formula is C14H14FN9O5S. The summed E-state index contributed by atoms with van der Waals surface area (Å²) in [5.41, 5.74) is 5.38. The number of rotatable bonds is 9. The van der Waals surface area contributed by atoms with Crippen LogP contribution in [-0.4, -0.2) is 74.2 Å². The molecule has 0 spiro atoms. The Morgan fingerprint density at radius 1 is 1.57 bits per heavy atom. The maximum absolute atomic E-state index is 13.5. The zero-order chi connectivity index (χ0) is 21.3. The van der Waals surface area contributed by atoms with Crippen molar-refractivity contribution in [2.24, 2.45) is 5.16 Å². The van der Waals surface area contributed by atoms with Crippen LogP contribution in [-0.2, 0) is 24.0 Å². The zero-order valence-corrected chi connectivity index (χ0v) is 15.8. The van der Waals surface area contributed by atoms with E-state index in [-0.39, 0.29) is 29.0 Å². The van der Waals surface area contributed by atoms with Crippen molar-refractivity contribution >= 4 is 46.4 Å². The molecule has 1 saturated carbocycles. The van der Waals surface area contributed by atoms with Gasteiger partial charge in [0.15, 0.2) is 10.8 Å². The van der Waals surface area contributed by atoms with Gasteiger partial charge in [-0.2, -0.15) is 0 Å². The van der Waals surface area contributed by atoms with Crippen LogP contribution in [0.2, 0.25) is 0 Å². The SMILES string of the molecule is Nc1nc(C(=NOC2(OC=O)CC2)C(=O)NC2C(=O)N(c3nnn[nH]3)C2CF)cs1. The largest absolute Gasteiger partial charge is 0.423 e. The minimum Gasteiger partial charge on any atom is -0.423 e. The molecule has 0 aromatic carbocycles. The lowest BCUT2D eigenvalue weighted by atomic mass is 9.96. The predicted octanol–water partition coefficient (Wildman–Crippen LogP) is -1.51. The van der Waals surface area contributed by atoms with Crippen molar-refractivity contribution in [3.63, 3.8) is 0 Å². The first-order chi connectivity index (χ1) is 14.5. The fraction of sp³-hybridized carbons (Fsp3) is 0.429. The summed E-state index contributed by atoms with van der Waals surface area (Å²) in [5.74, 6) is -2.75. The van der Waals surface area contributed by atoms with Crippen molar-refractivity contribution in [1.82, 2.24) is 30.9 Å². The van der Waals surface area contributed by atoms with Crippen molar-refractivity contribution in [3.05, 3.63) is 11.1 Å². The Kier molecular flexibility index (Phi) is 4.98. The molecule has 2 aromatic heterocycles. The summed E-state index contributed by atoms with van der Waals surface area (Å²) >= 11 is 1.05. The van der Waals surface area contributed by atoms with Crippen LogP contribution in [0.3, 0.4) is 0 Å². The molecule has 3 heterocycles. The van der Waals surface area contributed by atoms with Crippen LogP contribution in [0, 0.1) is 0 Å². The van der Waals surface area contributed by atoms with Gasteiger partial charge >= 0.3 is 0 Å². The molecule has 30 heavy (non-hydrogen) atoms. The monoisotopic (exact) mass is 439 g/mol. The molecule has 1 aliphatic carbocycles. The van der Waals surface area contributed by atoms with Crippen LogP contribution >= 0.6 is 11.3 Å². The average Bonchev–Trinajstić information content (AvgIpc) is 3.09. The smallest absolute Gasteiger partial charge is 0.296 e. The van der Waals surface area contributed by atoms with Crippen LogP contribution in [0.25, 0.3) is 0 Å². The number of nitrogen functional groups attached to an aromatic ring is 1. The van der Waals surface area contributed by atoms with Crippen molar-refractivity contribution < 1.29 is 28.3 Å². The molecule has 16 heteroatoms. The van der Waals surface area contributed by atoms with Gasteiger partial charge in [-0.15, -0.1) is 11.3 Å². The van der Waals surface area contributed by atoms with E-state index >= 15 is 0 Å². The topological polar surface area (TPSA) is 191 Å². The Balaban J connectivity index is 1.52. The second kappa shape index (κ2) is 7.62. The Morgan fingerprint density at radius 2 is 2.37 bits per heavy atom. The number of aromatic amines is 1. The lowest BCUT2D eigenvalue weighted by molar-refractivity contribution is -0.175. The number of H-pyrrole nitrogens is 1. The Bertz CT molecular complexity index is 992. The standard InChI is InChI=1S/C14H14FN9O5S/c15-3-7-9(11(27)24(7)13-19-22-23-20-13)18-10(26)8(6-4-30-12(16)17-6)21-29-14(1-2-14)28-5-25/h4-5,7,9H,1-3H2,(H2,16,17)(H,18,26)(H,19,20,22,23). The maximum atomic E-state index is 13.5. The first kappa shape index (κ1) is 19.6. The summed E-state index contributed by atoms with van der Waals surface area (Å²) in [6.07, 6.45) is 0.795. The molecule has 0 radical (unpaired) electrons. The van der Waals surface area contributed by atoms with Crippen LogP contribution < -0.4 is 16.0 Å². The van der Waals surface area contributed by atoms with Gasteiger partial charge in [-0.25, -0.2) is 14.5 Å². The number of halogens is 1. The highest BCUT2D eigenvalue weighted by Gasteiger charge is 2.52. The molecule has 4 rings (SSSR count). The number of thiazole rings is 1. The number of hydrogen-bond acceptors (Lipinski definition) is 12. The number of ether oxygens (including phenoxy) is 1. The van der Waals surface area contributed by atoms with Crippen LogP contribution in [0.4, 0.5) is 15.5 Å². The number of β-lactam (4-membered cyclic amide) rings is 1. The number of alkyl halides is 1. The quantitative estimate of drug-likeness (QED) is 0.136. The number of tetrazole rings is 1. The van der Waals surface area contributed by atoms with Gasteiger partial charge in [0, 0.05) is 18.2 Å². The number of aromatic nitrogens is 5.